The maximum Gasteiger partial charge on any atom is 0.276 e. The molecule has 1 unspecified atom stereocenters. The van der Waals surface area contributed by atoms with Crippen LogP contribution in [0.2, 0.25) is 0 Å². The monoisotopic (exact) mass is 466 g/mol. The molecular formula is C22H22N6O4S. The lowest BCUT2D eigenvalue weighted by molar-refractivity contribution is -0.114. The Bertz CT molecular complexity index is 1240. The Hall–Kier alpha value is -3.70. The molecule has 0 aliphatic carbocycles. The molecule has 170 valence electrons. The van der Waals surface area contributed by atoms with Crippen LogP contribution in [0.15, 0.2) is 76.5 Å². The van der Waals surface area contributed by atoms with Crippen LogP contribution in [0.5, 0.6) is 0 Å². The van der Waals surface area contributed by atoms with Gasteiger partial charge in [0.15, 0.2) is 10.7 Å². The van der Waals surface area contributed by atoms with Crippen molar-refractivity contribution >= 4 is 34.0 Å². The van der Waals surface area contributed by atoms with Crippen molar-refractivity contribution in [2.45, 2.75) is 11.1 Å². The number of fused-ring (bicyclic) bond motifs is 1. The molecule has 5 rings (SSSR count). The number of carbonyl (C=O) groups excluding carboxylic acids is 1. The number of hydrazone groups is 1. The van der Waals surface area contributed by atoms with Crippen molar-refractivity contribution in [1.29, 1.82) is 0 Å². The number of amides is 1. The summed E-state index contributed by atoms with van der Waals surface area (Å²) in [6, 6.07) is 12.1. The van der Waals surface area contributed by atoms with E-state index in [1.54, 1.807) is 36.5 Å². The van der Waals surface area contributed by atoms with E-state index in [4.69, 9.17) is 4.74 Å². The van der Waals surface area contributed by atoms with Gasteiger partial charge in [0.2, 0.25) is 0 Å². The molecule has 1 aromatic carbocycles. The molecule has 3 aliphatic rings. The maximum absolute atomic E-state index is 13.1. The first-order chi connectivity index (χ1) is 16.1. The van der Waals surface area contributed by atoms with E-state index < -0.39 is 10.7 Å². The summed E-state index contributed by atoms with van der Waals surface area (Å²) in [5.74, 6) is 0.828. The number of aromatic nitrogens is 1. The largest absolute Gasteiger partial charge is 0.378 e. The highest BCUT2D eigenvalue weighted by molar-refractivity contribution is 7.72. The van der Waals surface area contributed by atoms with Gasteiger partial charge in [-0.1, -0.05) is 24.3 Å². The summed E-state index contributed by atoms with van der Waals surface area (Å²) in [5.41, 5.74) is 1.23. The number of carbonyl (C=O) groups is 1. The smallest absolute Gasteiger partial charge is 0.276 e. The predicted molar refractivity (Wildman–Crippen MR) is 123 cm³/mol. The van der Waals surface area contributed by atoms with Crippen LogP contribution in [0.1, 0.15) is 5.56 Å². The molecule has 1 saturated heterocycles. The minimum atomic E-state index is -2.78. The lowest BCUT2D eigenvalue weighted by Gasteiger charge is -2.28. The molecule has 0 radical (unpaired) electrons. The third kappa shape index (κ3) is 4.32. The van der Waals surface area contributed by atoms with E-state index in [9.17, 15) is 13.2 Å². The van der Waals surface area contributed by atoms with Gasteiger partial charge in [-0.3, -0.25) is 4.79 Å². The molecular weight excluding hydrogens is 444 g/mol. The third-order valence-electron chi connectivity index (χ3n) is 5.47. The summed E-state index contributed by atoms with van der Waals surface area (Å²) >= 11 is 0. The van der Waals surface area contributed by atoms with Crippen molar-refractivity contribution in [3.63, 3.8) is 0 Å². The normalized spacial score (nSPS) is 19.6. The Labute approximate surface area is 192 Å². The van der Waals surface area contributed by atoms with E-state index >= 15 is 0 Å². The zero-order valence-corrected chi connectivity index (χ0v) is 18.4. The second-order valence-corrected chi connectivity index (χ2v) is 8.53. The number of rotatable bonds is 5. The standard InChI is InChI=1S/C22H22N6O4S/c29-22(25-19-6-3-7-21(24-19)27-10-12-32-13-11-27)17-14-23-20-9-8-16(26-28(17)20)15-4-1-2-5-18(15)33(30)31/h1-9,14,20,23,33H,10-13H2,(H,24,25,29). The minimum Gasteiger partial charge on any atom is -0.378 e. The molecule has 0 bridgehead atoms. The van der Waals surface area contributed by atoms with E-state index in [2.05, 4.69) is 25.6 Å². The van der Waals surface area contributed by atoms with Gasteiger partial charge in [-0.15, -0.1) is 0 Å². The average molecular weight is 467 g/mol. The second kappa shape index (κ2) is 9.04. The molecule has 2 aromatic rings. The SMILES string of the molecule is O=C(Nc1cccc(N2CCOCC2)n1)C1=CNC2C=CC(c3ccccc3[SH](=O)=O)=NN12. The predicted octanol–water partition coefficient (Wildman–Crippen LogP) is 0.874. The van der Waals surface area contributed by atoms with Crippen molar-refractivity contribution in [2.75, 3.05) is 36.5 Å². The maximum atomic E-state index is 13.1. The number of benzene rings is 1. The summed E-state index contributed by atoms with van der Waals surface area (Å²) in [6.45, 7) is 2.78. The van der Waals surface area contributed by atoms with Crippen molar-refractivity contribution in [3.05, 3.63) is 72.1 Å². The van der Waals surface area contributed by atoms with E-state index in [1.807, 2.05) is 18.2 Å². The van der Waals surface area contributed by atoms with Gasteiger partial charge in [-0.05, 0) is 30.4 Å². The minimum absolute atomic E-state index is 0.181. The number of hydrogen-bond acceptors (Lipinski definition) is 9. The highest BCUT2D eigenvalue weighted by atomic mass is 32.2. The fourth-order valence-electron chi connectivity index (χ4n) is 3.84. The van der Waals surface area contributed by atoms with Crippen molar-refractivity contribution < 1.29 is 17.9 Å². The molecule has 2 N–H and O–H groups in total. The van der Waals surface area contributed by atoms with Crippen LogP contribution >= 0.6 is 0 Å². The molecule has 1 amide bonds. The first kappa shape index (κ1) is 21.2. The zero-order chi connectivity index (χ0) is 22.8. The van der Waals surface area contributed by atoms with Gasteiger partial charge in [0.25, 0.3) is 5.91 Å². The highest BCUT2D eigenvalue weighted by Crippen LogP contribution is 2.24. The van der Waals surface area contributed by atoms with Crippen molar-refractivity contribution in [2.24, 2.45) is 5.10 Å². The Morgan fingerprint density at radius 3 is 2.76 bits per heavy atom. The summed E-state index contributed by atoms with van der Waals surface area (Å²) in [7, 11) is -2.78. The first-order valence-corrected chi connectivity index (χ1v) is 11.6. The Kier molecular flexibility index (Phi) is 5.80. The number of nitrogens with one attached hydrogen (secondary N) is 2. The Morgan fingerprint density at radius 1 is 1.12 bits per heavy atom. The molecule has 1 fully saturated rings. The molecule has 1 aromatic heterocycles. The molecule has 11 heteroatoms. The number of ether oxygens (including phenoxy) is 1. The number of hydrogen-bond donors (Lipinski definition) is 3. The van der Waals surface area contributed by atoms with Crippen LogP contribution in [0.3, 0.4) is 0 Å². The van der Waals surface area contributed by atoms with Crippen LogP contribution in [0, 0.1) is 0 Å². The van der Waals surface area contributed by atoms with Crippen LogP contribution in [0.25, 0.3) is 0 Å². The van der Waals surface area contributed by atoms with Crippen LogP contribution in [-0.2, 0) is 20.2 Å². The molecule has 0 saturated carbocycles. The van der Waals surface area contributed by atoms with E-state index in [1.165, 1.54) is 11.1 Å². The van der Waals surface area contributed by atoms with E-state index in [-0.39, 0.29) is 17.0 Å². The Morgan fingerprint density at radius 2 is 1.94 bits per heavy atom. The lowest BCUT2D eigenvalue weighted by Crippen LogP contribution is -2.37. The quantitative estimate of drug-likeness (QED) is 0.556. The van der Waals surface area contributed by atoms with Crippen LogP contribution in [0.4, 0.5) is 11.6 Å². The topological polar surface area (TPSA) is 116 Å². The van der Waals surface area contributed by atoms with Gasteiger partial charge >= 0.3 is 0 Å². The molecule has 3 aliphatic heterocycles. The second-order valence-electron chi connectivity index (χ2n) is 7.54. The first-order valence-electron chi connectivity index (χ1n) is 10.5. The van der Waals surface area contributed by atoms with Crippen LogP contribution in [-0.4, -0.2) is 62.5 Å². The van der Waals surface area contributed by atoms with E-state index in [0.29, 0.717) is 36.0 Å². The molecule has 0 spiro atoms. The number of thiol groups is 1. The van der Waals surface area contributed by atoms with Gasteiger partial charge < -0.3 is 20.3 Å². The van der Waals surface area contributed by atoms with Gasteiger partial charge in [0.05, 0.1) is 23.8 Å². The number of allylic oxidation sites excluding steroid dienone is 1. The van der Waals surface area contributed by atoms with Crippen molar-refractivity contribution in [1.82, 2.24) is 15.3 Å². The summed E-state index contributed by atoms with van der Waals surface area (Å²) in [5, 5.41) is 12.0. The van der Waals surface area contributed by atoms with Gasteiger partial charge in [-0.2, -0.15) is 5.10 Å². The Balaban J connectivity index is 1.36. The molecule has 33 heavy (non-hydrogen) atoms. The van der Waals surface area contributed by atoms with Gasteiger partial charge in [0, 0.05) is 24.9 Å². The number of nitrogens with zero attached hydrogens (tertiary/aromatic N) is 4. The third-order valence-corrected chi connectivity index (χ3v) is 6.26. The lowest BCUT2D eigenvalue weighted by atomic mass is 10.1. The van der Waals surface area contributed by atoms with Gasteiger partial charge in [0.1, 0.15) is 23.5 Å². The number of pyridine rings is 1. The van der Waals surface area contributed by atoms with Gasteiger partial charge in [-0.25, -0.2) is 18.4 Å². The summed E-state index contributed by atoms with van der Waals surface area (Å²) in [4.78, 5) is 19.9. The fourth-order valence-corrected chi connectivity index (χ4v) is 4.43. The molecule has 4 heterocycles. The number of anilines is 2. The van der Waals surface area contributed by atoms with Crippen molar-refractivity contribution in [3.8, 4) is 0 Å². The number of morpholine rings is 1. The van der Waals surface area contributed by atoms with E-state index in [0.717, 1.165) is 18.9 Å². The average Bonchev–Trinajstić information content (AvgIpc) is 3.28. The summed E-state index contributed by atoms with van der Waals surface area (Å²) in [6.07, 6.45) is 4.82. The fraction of sp³-hybridized carbons (Fsp3) is 0.227. The zero-order valence-electron chi connectivity index (χ0n) is 17.5. The molecule has 1 atom stereocenters. The molecule has 10 nitrogen and oxygen atoms in total. The van der Waals surface area contributed by atoms with Crippen LogP contribution < -0.4 is 15.5 Å². The summed E-state index contributed by atoms with van der Waals surface area (Å²) < 4.78 is 28.7. The highest BCUT2D eigenvalue weighted by Gasteiger charge is 2.31.